The molecule has 0 saturated carbocycles. The van der Waals surface area contributed by atoms with E-state index in [9.17, 15) is 4.79 Å². The topological polar surface area (TPSA) is 58.6 Å². The molecule has 1 N–H and O–H groups in total. The first kappa shape index (κ1) is 8.87. The van der Waals surface area contributed by atoms with Crippen molar-refractivity contribution in [2.45, 2.75) is 19.8 Å². The largest absolute Gasteiger partial charge is 0.273 e. The lowest BCUT2D eigenvalue weighted by molar-refractivity contribution is 0.792. The van der Waals surface area contributed by atoms with Gasteiger partial charge in [0.1, 0.15) is 0 Å². The Morgan fingerprint density at radius 2 is 2.14 bits per heavy atom. The summed E-state index contributed by atoms with van der Waals surface area (Å²) in [4.78, 5) is 15.3. The van der Waals surface area contributed by atoms with Gasteiger partial charge in [-0.15, -0.1) is 0 Å². The molecule has 2 aromatic rings. The van der Waals surface area contributed by atoms with Gasteiger partial charge in [0.2, 0.25) is 0 Å². The molecule has 0 bridgehead atoms. The van der Waals surface area contributed by atoms with E-state index in [1.165, 1.54) is 0 Å². The van der Waals surface area contributed by atoms with Crippen LogP contribution >= 0.6 is 0 Å². The van der Waals surface area contributed by atoms with Gasteiger partial charge in [-0.2, -0.15) is 5.10 Å². The molecule has 0 fully saturated rings. The molecule has 4 heteroatoms. The van der Waals surface area contributed by atoms with Gasteiger partial charge >= 0.3 is 0 Å². The van der Waals surface area contributed by atoms with Crippen molar-refractivity contribution in [3.8, 4) is 0 Å². The van der Waals surface area contributed by atoms with Crippen molar-refractivity contribution >= 4 is 10.8 Å². The molecule has 0 saturated heterocycles. The van der Waals surface area contributed by atoms with E-state index in [0.29, 0.717) is 5.39 Å². The number of hydrogen-bond acceptors (Lipinski definition) is 3. The average molecular weight is 189 g/mol. The summed E-state index contributed by atoms with van der Waals surface area (Å²) in [5, 5.41) is 8.01. The highest BCUT2D eigenvalue weighted by atomic mass is 16.1. The molecular weight excluding hydrogens is 178 g/mol. The maximum absolute atomic E-state index is 11.4. The number of fused-ring (bicyclic) bond motifs is 1. The minimum absolute atomic E-state index is 0.183. The Labute approximate surface area is 81.0 Å². The Balaban J connectivity index is 2.89. The van der Waals surface area contributed by atoms with Crippen LogP contribution in [0.4, 0.5) is 0 Å². The first-order valence-corrected chi connectivity index (χ1v) is 4.52. The normalized spacial score (nSPS) is 11.1. The second-order valence-electron chi connectivity index (χ2n) is 3.51. The number of aromatic nitrogens is 3. The Morgan fingerprint density at radius 3 is 2.86 bits per heavy atom. The minimum atomic E-state index is -0.183. The lowest BCUT2D eigenvalue weighted by Gasteiger charge is -2.06. The lowest BCUT2D eigenvalue weighted by atomic mass is 10.1. The summed E-state index contributed by atoms with van der Waals surface area (Å²) < 4.78 is 0. The smallest absolute Gasteiger partial charge is 0.267 e. The number of nitrogens with zero attached hydrogens (tertiary/aromatic N) is 2. The van der Waals surface area contributed by atoms with Crippen LogP contribution in [0.5, 0.6) is 0 Å². The van der Waals surface area contributed by atoms with Gasteiger partial charge in [-0.25, -0.2) is 5.10 Å². The van der Waals surface area contributed by atoms with Crippen LogP contribution in [0, 0.1) is 0 Å². The number of pyridine rings is 1. The third kappa shape index (κ3) is 1.28. The van der Waals surface area contributed by atoms with Crippen molar-refractivity contribution < 1.29 is 0 Å². The third-order valence-corrected chi connectivity index (χ3v) is 2.17. The number of hydrogen-bond donors (Lipinski definition) is 1. The summed E-state index contributed by atoms with van der Waals surface area (Å²) in [6, 6.07) is 1.83. The van der Waals surface area contributed by atoms with Gasteiger partial charge in [-0.3, -0.25) is 9.78 Å². The van der Waals surface area contributed by atoms with Crippen molar-refractivity contribution in [3.05, 3.63) is 34.5 Å². The van der Waals surface area contributed by atoms with E-state index in [0.717, 1.165) is 11.1 Å². The SMILES string of the molecule is CC(C)c1n[nH]c(=O)c2cnccc12. The van der Waals surface area contributed by atoms with E-state index in [4.69, 9.17) is 0 Å². The van der Waals surface area contributed by atoms with Gasteiger partial charge in [-0.1, -0.05) is 13.8 Å². The predicted molar refractivity (Wildman–Crippen MR) is 54.2 cm³/mol. The Kier molecular flexibility index (Phi) is 2.04. The fourth-order valence-electron chi connectivity index (χ4n) is 1.47. The third-order valence-electron chi connectivity index (χ3n) is 2.17. The molecule has 14 heavy (non-hydrogen) atoms. The maximum Gasteiger partial charge on any atom is 0.273 e. The summed E-state index contributed by atoms with van der Waals surface area (Å²) in [5.41, 5.74) is 0.722. The summed E-state index contributed by atoms with van der Waals surface area (Å²) in [6.45, 7) is 4.08. The van der Waals surface area contributed by atoms with Gasteiger partial charge in [0.15, 0.2) is 0 Å². The fraction of sp³-hybridized carbons (Fsp3) is 0.300. The Morgan fingerprint density at radius 1 is 1.36 bits per heavy atom. The second-order valence-corrected chi connectivity index (χ2v) is 3.51. The number of aromatic amines is 1. The molecule has 2 aromatic heterocycles. The van der Waals surface area contributed by atoms with Gasteiger partial charge in [0.25, 0.3) is 5.56 Å². The molecule has 0 aromatic carbocycles. The Bertz CT molecular complexity index is 516. The van der Waals surface area contributed by atoms with E-state index in [1.54, 1.807) is 12.4 Å². The molecule has 0 amide bonds. The molecule has 0 unspecified atom stereocenters. The molecular formula is C10H11N3O. The second kappa shape index (κ2) is 3.21. The van der Waals surface area contributed by atoms with Crippen LogP contribution < -0.4 is 5.56 Å². The first-order valence-electron chi connectivity index (χ1n) is 4.52. The molecule has 0 radical (unpaired) electrons. The molecule has 0 aliphatic heterocycles. The minimum Gasteiger partial charge on any atom is -0.267 e. The number of rotatable bonds is 1. The van der Waals surface area contributed by atoms with Crippen molar-refractivity contribution in [1.82, 2.24) is 15.2 Å². The van der Waals surface area contributed by atoms with Crippen LogP contribution in [0.1, 0.15) is 25.5 Å². The quantitative estimate of drug-likeness (QED) is 0.738. The van der Waals surface area contributed by atoms with Crippen LogP contribution in [0.15, 0.2) is 23.3 Å². The zero-order chi connectivity index (χ0) is 10.1. The fourth-order valence-corrected chi connectivity index (χ4v) is 1.47. The number of nitrogens with one attached hydrogen (secondary N) is 1. The van der Waals surface area contributed by atoms with E-state index < -0.39 is 0 Å². The zero-order valence-electron chi connectivity index (χ0n) is 8.11. The number of H-pyrrole nitrogens is 1. The van der Waals surface area contributed by atoms with Gasteiger partial charge in [0, 0.05) is 17.8 Å². The highest BCUT2D eigenvalue weighted by molar-refractivity contribution is 5.82. The molecule has 0 atom stereocenters. The van der Waals surface area contributed by atoms with Crippen molar-refractivity contribution in [2.24, 2.45) is 0 Å². The van der Waals surface area contributed by atoms with Crippen LogP contribution in [0.3, 0.4) is 0 Å². The standard InChI is InChI=1S/C10H11N3O/c1-6(2)9-7-3-4-11-5-8(7)10(14)13-12-9/h3-6H,1-2H3,(H,13,14). The van der Waals surface area contributed by atoms with Gasteiger partial charge in [0.05, 0.1) is 11.1 Å². The Hall–Kier alpha value is -1.71. The van der Waals surface area contributed by atoms with Gasteiger partial charge in [-0.05, 0) is 12.0 Å². The highest BCUT2D eigenvalue weighted by Crippen LogP contribution is 2.18. The van der Waals surface area contributed by atoms with E-state index in [2.05, 4.69) is 15.2 Å². The van der Waals surface area contributed by atoms with Crippen LogP contribution in [-0.4, -0.2) is 15.2 Å². The van der Waals surface area contributed by atoms with Crippen molar-refractivity contribution in [1.29, 1.82) is 0 Å². The highest BCUT2D eigenvalue weighted by Gasteiger charge is 2.08. The molecule has 2 heterocycles. The van der Waals surface area contributed by atoms with E-state index in [-0.39, 0.29) is 11.5 Å². The molecule has 2 rings (SSSR count). The average Bonchev–Trinajstić information content (AvgIpc) is 2.18. The van der Waals surface area contributed by atoms with Crippen LogP contribution in [0.25, 0.3) is 10.8 Å². The molecule has 0 aliphatic carbocycles. The summed E-state index contributed by atoms with van der Waals surface area (Å²) >= 11 is 0. The van der Waals surface area contributed by atoms with Crippen molar-refractivity contribution in [2.75, 3.05) is 0 Å². The lowest BCUT2D eigenvalue weighted by Crippen LogP contribution is -2.11. The summed E-state index contributed by atoms with van der Waals surface area (Å²) in [6.07, 6.45) is 3.25. The van der Waals surface area contributed by atoms with Gasteiger partial charge < -0.3 is 0 Å². The monoisotopic (exact) mass is 189 g/mol. The van der Waals surface area contributed by atoms with Crippen molar-refractivity contribution in [3.63, 3.8) is 0 Å². The van der Waals surface area contributed by atoms with Crippen LogP contribution in [-0.2, 0) is 0 Å². The first-order chi connectivity index (χ1) is 6.70. The zero-order valence-corrected chi connectivity index (χ0v) is 8.11. The molecule has 72 valence electrons. The van der Waals surface area contributed by atoms with Crippen LogP contribution in [0.2, 0.25) is 0 Å². The summed E-state index contributed by atoms with van der Waals surface area (Å²) in [7, 11) is 0. The van der Waals surface area contributed by atoms with E-state index >= 15 is 0 Å². The molecule has 4 nitrogen and oxygen atoms in total. The molecule has 0 spiro atoms. The maximum atomic E-state index is 11.4. The van der Waals surface area contributed by atoms with E-state index in [1.807, 2.05) is 19.9 Å². The predicted octanol–water partition coefficient (Wildman–Crippen LogP) is 1.44. The molecule has 0 aliphatic rings. The summed E-state index contributed by atoms with van der Waals surface area (Å²) in [5.74, 6) is 0.289.